The summed E-state index contributed by atoms with van der Waals surface area (Å²) < 4.78 is 14.5. The van der Waals surface area contributed by atoms with E-state index >= 15 is 0 Å². The van der Waals surface area contributed by atoms with Crippen LogP contribution in [0.5, 0.6) is 0 Å². The second kappa shape index (κ2) is 7.76. The number of rotatable bonds is 3. The third-order valence-corrected chi connectivity index (χ3v) is 6.14. The van der Waals surface area contributed by atoms with E-state index in [-0.39, 0.29) is 17.6 Å². The maximum Gasteiger partial charge on any atom is 0.256 e. The third kappa shape index (κ3) is 3.31. The lowest BCUT2D eigenvalue weighted by molar-refractivity contribution is -0.110. The number of aliphatic hydroxyl groups excluding tert-OH is 1. The molecular formula is C25H22FN3O3. The first-order valence-corrected chi connectivity index (χ1v) is 10.5. The minimum absolute atomic E-state index is 0.150. The number of amides is 2. The van der Waals surface area contributed by atoms with E-state index < -0.39 is 6.10 Å². The number of H-pyrrole nitrogens is 1. The van der Waals surface area contributed by atoms with E-state index in [0.29, 0.717) is 64.3 Å². The fourth-order valence-electron chi connectivity index (χ4n) is 4.42. The van der Waals surface area contributed by atoms with Crippen LogP contribution in [0.3, 0.4) is 0 Å². The van der Waals surface area contributed by atoms with Gasteiger partial charge in [-0.2, -0.15) is 0 Å². The zero-order valence-electron chi connectivity index (χ0n) is 17.5. The molecule has 0 saturated carbocycles. The number of likely N-dealkylation sites (tertiary alicyclic amines) is 1. The second-order valence-electron chi connectivity index (χ2n) is 8.15. The number of fused-ring (bicyclic) bond motifs is 1. The van der Waals surface area contributed by atoms with E-state index in [1.807, 2.05) is 6.92 Å². The summed E-state index contributed by atoms with van der Waals surface area (Å²) in [5.41, 5.74) is 4.55. The van der Waals surface area contributed by atoms with Gasteiger partial charge in [0.2, 0.25) is 0 Å². The number of aliphatic hydroxyl groups is 1. The number of anilines is 1. The molecule has 0 radical (unpaired) electrons. The van der Waals surface area contributed by atoms with Crippen molar-refractivity contribution < 1.29 is 19.1 Å². The number of carbonyl (C=O) groups is 2. The normalized spacial score (nSPS) is 18.8. The molecule has 32 heavy (non-hydrogen) atoms. The molecule has 1 atom stereocenters. The van der Waals surface area contributed by atoms with E-state index in [1.54, 1.807) is 53.6 Å². The maximum atomic E-state index is 14.5. The summed E-state index contributed by atoms with van der Waals surface area (Å²) in [4.78, 5) is 30.4. The van der Waals surface area contributed by atoms with Gasteiger partial charge in [-0.05, 0) is 42.7 Å². The molecular weight excluding hydrogens is 409 g/mol. The van der Waals surface area contributed by atoms with Gasteiger partial charge in [0.05, 0.1) is 17.2 Å². The van der Waals surface area contributed by atoms with Crippen molar-refractivity contribution in [1.29, 1.82) is 0 Å². The SMILES string of the molecule is Cc1c(C(=O)N2CCC(O)C2)c[nH]c1/C=C1\C(=O)Nc2cccc(-c3ccccc3F)c21. The van der Waals surface area contributed by atoms with Gasteiger partial charge in [-0.3, -0.25) is 9.59 Å². The van der Waals surface area contributed by atoms with Crippen LogP contribution in [0.15, 0.2) is 48.7 Å². The molecule has 3 heterocycles. The Labute approximate surface area is 184 Å². The number of nitrogens with one attached hydrogen (secondary N) is 2. The first-order valence-electron chi connectivity index (χ1n) is 10.5. The second-order valence-corrected chi connectivity index (χ2v) is 8.15. The molecule has 0 bridgehead atoms. The third-order valence-electron chi connectivity index (χ3n) is 6.14. The fourth-order valence-corrected chi connectivity index (χ4v) is 4.42. The van der Waals surface area contributed by atoms with Gasteiger partial charge in [-0.25, -0.2) is 4.39 Å². The Morgan fingerprint density at radius 1 is 1.19 bits per heavy atom. The number of benzene rings is 2. The van der Waals surface area contributed by atoms with Crippen molar-refractivity contribution >= 4 is 29.2 Å². The molecule has 3 N–H and O–H groups in total. The van der Waals surface area contributed by atoms with Gasteiger partial charge in [0.1, 0.15) is 5.82 Å². The largest absolute Gasteiger partial charge is 0.391 e. The zero-order chi connectivity index (χ0) is 22.4. The zero-order valence-corrected chi connectivity index (χ0v) is 17.5. The Hall–Kier alpha value is -3.71. The minimum atomic E-state index is -0.490. The van der Waals surface area contributed by atoms with Crippen molar-refractivity contribution in [1.82, 2.24) is 9.88 Å². The monoisotopic (exact) mass is 431 g/mol. The molecule has 7 heteroatoms. The van der Waals surface area contributed by atoms with Crippen LogP contribution in [0, 0.1) is 12.7 Å². The molecule has 0 spiro atoms. The summed E-state index contributed by atoms with van der Waals surface area (Å²) in [5, 5.41) is 12.6. The molecule has 1 saturated heterocycles. The summed E-state index contributed by atoms with van der Waals surface area (Å²) >= 11 is 0. The van der Waals surface area contributed by atoms with Crippen LogP contribution in [-0.4, -0.2) is 46.0 Å². The molecule has 2 amide bonds. The first kappa shape index (κ1) is 20.2. The Morgan fingerprint density at radius 3 is 2.72 bits per heavy atom. The number of β-amino-alcohol motifs (C(OH)–C–C–N with tert-alkyl or cyclic N) is 1. The predicted molar refractivity (Wildman–Crippen MR) is 120 cm³/mol. The van der Waals surface area contributed by atoms with Crippen LogP contribution in [0.25, 0.3) is 22.8 Å². The van der Waals surface area contributed by atoms with Crippen LogP contribution < -0.4 is 5.32 Å². The molecule has 1 aromatic heterocycles. The van der Waals surface area contributed by atoms with E-state index in [4.69, 9.17) is 0 Å². The van der Waals surface area contributed by atoms with Gasteiger partial charge < -0.3 is 20.3 Å². The summed E-state index contributed by atoms with van der Waals surface area (Å²) in [5.74, 6) is -0.798. The Kier molecular flexibility index (Phi) is 4.90. The average Bonchev–Trinajstić information content (AvgIpc) is 3.46. The van der Waals surface area contributed by atoms with Gasteiger partial charge in [0.15, 0.2) is 0 Å². The highest BCUT2D eigenvalue weighted by atomic mass is 19.1. The smallest absolute Gasteiger partial charge is 0.256 e. The number of halogens is 1. The molecule has 2 aliphatic heterocycles. The van der Waals surface area contributed by atoms with Crippen molar-refractivity contribution in [2.75, 3.05) is 18.4 Å². The minimum Gasteiger partial charge on any atom is -0.391 e. The lowest BCUT2D eigenvalue weighted by Crippen LogP contribution is -2.29. The van der Waals surface area contributed by atoms with Gasteiger partial charge in [0, 0.05) is 41.8 Å². The van der Waals surface area contributed by atoms with Crippen LogP contribution in [-0.2, 0) is 4.79 Å². The number of hydrogen-bond donors (Lipinski definition) is 3. The number of carbonyl (C=O) groups excluding carboxylic acids is 2. The Morgan fingerprint density at radius 2 is 1.97 bits per heavy atom. The lowest BCUT2D eigenvalue weighted by Gasteiger charge is -2.15. The standard InChI is InChI=1S/C25H22FN3O3/c1-14-19(25(32)29-10-9-15(30)13-29)12-27-22(14)11-18-23-17(16-5-2-3-7-20(16)26)6-4-8-21(23)28-24(18)31/h2-8,11-12,15,27,30H,9-10,13H2,1H3,(H,28,31)/b18-11-. The molecule has 2 aromatic carbocycles. The van der Waals surface area contributed by atoms with E-state index in [1.165, 1.54) is 6.07 Å². The fraction of sp³-hybridized carbons (Fsp3) is 0.200. The summed E-state index contributed by atoms with van der Waals surface area (Å²) in [6.07, 6.45) is 3.42. The average molecular weight is 431 g/mol. The topological polar surface area (TPSA) is 85.4 Å². The van der Waals surface area contributed by atoms with Crippen molar-refractivity contribution in [3.63, 3.8) is 0 Å². The highest BCUT2D eigenvalue weighted by molar-refractivity contribution is 6.36. The molecule has 1 fully saturated rings. The van der Waals surface area contributed by atoms with Crippen LogP contribution in [0.4, 0.5) is 10.1 Å². The van der Waals surface area contributed by atoms with Crippen molar-refractivity contribution in [2.45, 2.75) is 19.4 Å². The van der Waals surface area contributed by atoms with Crippen LogP contribution in [0.1, 0.15) is 33.6 Å². The summed E-state index contributed by atoms with van der Waals surface area (Å²) in [7, 11) is 0. The number of hydrogen-bond acceptors (Lipinski definition) is 3. The molecule has 0 aliphatic carbocycles. The van der Waals surface area contributed by atoms with Crippen LogP contribution >= 0.6 is 0 Å². The van der Waals surface area contributed by atoms with Crippen molar-refractivity contribution in [2.24, 2.45) is 0 Å². The number of nitrogens with zero attached hydrogens (tertiary/aromatic N) is 1. The number of aromatic amines is 1. The quantitative estimate of drug-likeness (QED) is 0.551. The van der Waals surface area contributed by atoms with E-state index in [9.17, 15) is 19.1 Å². The molecule has 5 rings (SSSR count). The molecule has 2 aliphatic rings. The van der Waals surface area contributed by atoms with Crippen molar-refractivity contribution in [3.8, 4) is 11.1 Å². The lowest BCUT2D eigenvalue weighted by atomic mass is 9.94. The summed E-state index contributed by atoms with van der Waals surface area (Å²) in [6.45, 7) is 2.66. The van der Waals surface area contributed by atoms with Crippen LogP contribution in [0.2, 0.25) is 0 Å². The van der Waals surface area contributed by atoms with Gasteiger partial charge in [0.25, 0.3) is 11.8 Å². The van der Waals surface area contributed by atoms with Gasteiger partial charge >= 0.3 is 0 Å². The highest BCUT2D eigenvalue weighted by Gasteiger charge is 2.30. The van der Waals surface area contributed by atoms with Gasteiger partial charge in [-0.15, -0.1) is 0 Å². The number of aromatic nitrogens is 1. The maximum absolute atomic E-state index is 14.5. The van der Waals surface area contributed by atoms with Crippen molar-refractivity contribution in [3.05, 3.63) is 76.9 Å². The molecule has 1 unspecified atom stereocenters. The van der Waals surface area contributed by atoms with Gasteiger partial charge in [-0.1, -0.05) is 30.3 Å². The molecule has 3 aromatic rings. The Bertz CT molecular complexity index is 1280. The highest BCUT2D eigenvalue weighted by Crippen LogP contribution is 2.41. The summed E-state index contributed by atoms with van der Waals surface area (Å²) in [6, 6.07) is 11.8. The molecule has 6 nitrogen and oxygen atoms in total. The van der Waals surface area contributed by atoms with E-state index in [0.717, 1.165) is 0 Å². The predicted octanol–water partition coefficient (Wildman–Crippen LogP) is 3.83. The van der Waals surface area contributed by atoms with E-state index in [2.05, 4.69) is 10.3 Å². The first-order chi connectivity index (χ1) is 15.4. The Balaban J connectivity index is 1.56. The molecule has 162 valence electrons.